The zero-order valence-electron chi connectivity index (χ0n) is 18.3. The first-order chi connectivity index (χ1) is 14.4. The van der Waals surface area contributed by atoms with Gasteiger partial charge in [0.15, 0.2) is 0 Å². The first-order valence-corrected chi connectivity index (χ1v) is 11.2. The Morgan fingerprint density at radius 3 is 2.47 bits per heavy atom. The molecule has 1 aliphatic carbocycles. The van der Waals surface area contributed by atoms with Gasteiger partial charge in [0, 0.05) is 45.6 Å². The van der Waals surface area contributed by atoms with Crippen LogP contribution in [-0.4, -0.2) is 60.8 Å². The van der Waals surface area contributed by atoms with Gasteiger partial charge in [-0.3, -0.25) is 9.59 Å². The Bertz CT molecular complexity index is 704. The summed E-state index contributed by atoms with van der Waals surface area (Å²) in [6.07, 6.45) is 4.74. The van der Waals surface area contributed by atoms with E-state index in [1.807, 2.05) is 25.2 Å². The minimum Gasteiger partial charge on any atom is -0.391 e. The van der Waals surface area contributed by atoms with Crippen LogP contribution in [0.2, 0.25) is 0 Å². The van der Waals surface area contributed by atoms with Crippen molar-refractivity contribution in [3.8, 4) is 0 Å². The van der Waals surface area contributed by atoms with Crippen molar-refractivity contribution in [2.45, 2.75) is 69.4 Å². The van der Waals surface area contributed by atoms with E-state index in [4.69, 9.17) is 4.74 Å². The number of aliphatic hydroxyl groups excluding tert-OH is 1. The van der Waals surface area contributed by atoms with E-state index in [1.165, 1.54) is 12.5 Å². The van der Waals surface area contributed by atoms with Crippen molar-refractivity contribution >= 4 is 11.8 Å². The molecule has 2 amide bonds. The number of benzene rings is 1. The summed E-state index contributed by atoms with van der Waals surface area (Å²) in [5.41, 5.74) is 0.954. The molecule has 1 aliphatic heterocycles. The van der Waals surface area contributed by atoms with Gasteiger partial charge in [0.25, 0.3) is 0 Å². The van der Waals surface area contributed by atoms with Crippen LogP contribution in [0.15, 0.2) is 30.3 Å². The lowest BCUT2D eigenvalue weighted by atomic mass is 9.74. The van der Waals surface area contributed by atoms with Crippen LogP contribution in [0.4, 0.5) is 0 Å². The van der Waals surface area contributed by atoms with Gasteiger partial charge < -0.3 is 20.1 Å². The highest BCUT2D eigenvalue weighted by Crippen LogP contribution is 2.39. The number of aliphatic hydroxyl groups is 1. The summed E-state index contributed by atoms with van der Waals surface area (Å²) in [7, 11) is 1.83. The third-order valence-electron chi connectivity index (χ3n) is 7.04. The fourth-order valence-electron chi connectivity index (χ4n) is 4.99. The number of carbonyl (C=O) groups excluding carboxylic acids is 2. The van der Waals surface area contributed by atoms with Crippen LogP contribution in [0.3, 0.4) is 0 Å². The maximum Gasteiger partial charge on any atom is 0.222 e. The standard InChI is InChI=1S/C24H36N2O4/c1-18(27)25-17-24(20-6-4-3-5-7-20)12-8-21(22(28)9-13-24)26(2)23(29)16-19-10-14-30-15-11-19/h3-7,19,21-22,28H,8-17H2,1-2H3,(H,25,27)/t21-,22-,24-/m1/s1. The molecule has 1 aromatic rings. The SMILES string of the molecule is CC(=O)NC[C@]1(c2ccccc2)CC[C@@H](O)[C@H](N(C)C(=O)CC2CCOCC2)CC1. The number of nitrogens with one attached hydrogen (secondary N) is 1. The number of hydrogen-bond donors (Lipinski definition) is 2. The molecule has 2 N–H and O–H groups in total. The molecular weight excluding hydrogens is 380 g/mol. The van der Waals surface area contributed by atoms with Crippen LogP contribution in [0.1, 0.15) is 57.4 Å². The monoisotopic (exact) mass is 416 g/mol. The molecule has 30 heavy (non-hydrogen) atoms. The van der Waals surface area contributed by atoms with Crippen molar-refractivity contribution in [1.29, 1.82) is 0 Å². The summed E-state index contributed by atoms with van der Waals surface area (Å²) in [6.45, 7) is 3.55. The molecule has 166 valence electrons. The molecule has 0 aromatic heterocycles. The first-order valence-electron chi connectivity index (χ1n) is 11.2. The Balaban J connectivity index is 1.71. The molecule has 0 spiro atoms. The Hall–Kier alpha value is -1.92. The molecule has 3 atom stereocenters. The highest BCUT2D eigenvalue weighted by molar-refractivity contribution is 5.76. The second-order valence-electron chi connectivity index (χ2n) is 9.03. The summed E-state index contributed by atoms with van der Waals surface area (Å²) in [5, 5.41) is 13.9. The molecule has 0 radical (unpaired) electrons. The summed E-state index contributed by atoms with van der Waals surface area (Å²) < 4.78 is 5.40. The molecule has 0 bridgehead atoms. The van der Waals surface area contributed by atoms with Gasteiger partial charge in [0.2, 0.25) is 11.8 Å². The van der Waals surface area contributed by atoms with E-state index in [0.29, 0.717) is 31.7 Å². The molecule has 1 saturated heterocycles. The molecule has 6 nitrogen and oxygen atoms in total. The zero-order valence-corrected chi connectivity index (χ0v) is 18.3. The van der Waals surface area contributed by atoms with E-state index in [2.05, 4.69) is 17.4 Å². The van der Waals surface area contributed by atoms with Crippen LogP contribution < -0.4 is 5.32 Å². The summed E-state index contributed by atoms with van der Waals surface area (Å²) >= 11 is 0. The summed E-state index contributed by atoms with van der Waals surface area (Å²) in [6, 6.07) is 10.1. The Kier molecular flexibility index (Phi) is 7.89. The lowest BCUT2D eigenvalue weighted by Crippen LogP contribution is -2.45. The van der Waals surface area contributed by atoms with Crippen LogP contribution in [0.25, 0.3) is 0 Å². The van der Waals surface area contributed by atoms with Crippen LogP contribution >= 0.6 is 0 Å². The van der Waals surface area contributed by atoms with E-state index in [0.717, 1.165) is 38.9 Å². The second-order valence-corrected chi connectivity index (χ2v) is 9.03. The molecule has 1 heterocycles. The van der Waals surface area contributed by atoms with E-state index >= 15 is 0 Å². The topological polar surface area (TPSA) is 78.9 Å². The van der Waals surface area contributed by atoms with Gasteiger partial charge in [-0.05, 0) is 50.0 Å². The average Bonchev–Trinajstić information content (AvgIpc) is 2.93. The molecular formula is C24H36N2O4. The summed E-state index contributed by atoms with van der Waals surface area (Å²) in [5.74, 6) is 0.440. The van der Waals surface area contributed by atoms with Crippen LogP contribution in [0.5, 0.6) is 0 Å². The van der Waals surface area contributed by atoms with E-state index in [-0.39, 0.29) is 23.3 Å². The molecule has 3 rings (SSSR count). The van der Waals surface area contributed by atoms with Gasteiger partial charge in [0.05, 0.1) is 12.1 Å². The van der Waals surface area contributed by atoms with Crippen LogP contribution in [-0.2, 0) is 19.7 Å². The molecule has 1 saturated carbocycles. The van der Waals surface area contributed by atoms with Crippen molar-refractivity contribution in [2.75, 3.05) is 26.8 Å². The number of ether oxygens (including phenoxy) is 1. The number of nitrogens with zero attached hydrogens (tertiary/aromatic N) is 1. The van der Waals surface area contributed by atoms with Gasteiger partial charge in [-0.2, -0.15) is 0 Å². The van der Waals surface area contributed by atoms with Crippen molar-refractivity contribution in [2.24, 2.45) is 5.92 Å². The number of likely N-dealkylation sites (N-methyl/N-ethyl adjacent to an activating group) is 1. The average molecular weight is 417 g/mol. The Labute approximate surface area is 180 Å². The molecule has 2 aliphatic rings. The van der Waals surface area contributed by atoms with Gasteiger partial charge in [0.1, 0.15) is 0 Å². The number of carbonyl (C=O) groups is 2. The van der Waals surface area contributed by atoms with E-state index in [9.17, 15) is 14.7 Å². The van der Waals surface area contributed by atoms with Crippen molar-refractivity contribution < 1.29 is 19.4 Å². The fourth-order valence-corrected chi connectivity index (χ4v) is 4.99. The quantitative estimate of drug-likeness (QED) is 0.699. The Morgan fingerprint density at radius 1 is 1.13 bits per heavy atom. The lowest BCUT2D eigenvalue weighted by Gasteiger charge is -2.34. The molecule has 0 unspecified atom stereocenters. The van der Waals surface area contributed by atoms with Gasteiger partial charge >= 0.3 is 0 Å². The number of amides is 2. The number of rotatable bonds is 6. The van der Waals surface area contributed by atoms with Crippen LogP contribution in [0, 0.1) is 5.92 Å². The normalized spacial score (nSPS) is 27.8. The van der Waals surface area contributed by atoms with E-state index < -0.39 is 6.10 Å². The predicted octanol–water partition coefficient (Wildman–Crippen LogP) is 2.64. The third kappa shape index (κ3) is 5.61. The van der Waals surface area contributed by atoms with Gasteiger partial charge in [-0.25, -0.2) is 0 Å². The predicted molar refractivity (Wildman–Crippen MR) is 116 cm³/mol. The highest BCUT2D eigenvalue weighted by Gasteiger charge is 2.40. The first kappa shape index (κ1) is 22.8. The lowest BCUT2D eigenvalue weighted by molar-refractivity contribution is -0.136. The molecule has 2 fully saturated rings. The maximum atomic E-state index is 12.9. The Morgan fingerprint density at radius 2 is 1.80 bits per heavy atom. The largest absolute Gasteiger partial charge is 0.391 e. The van der Waals surface area contributed by atoms with Crippen molar-refractivity contribution in [3.63, 3.8) is 0 Å². The van der Waals surface area contributed by atoms with Gasteiger partial charge in [-0.15, -0.1) is 0 Å². The fraction of sp³-hybridized carbons (Fsp3) is 0.667. The molecule has 6 heteroatoms. The minimum absolute atomic E-state index is 0.0459. The van der Waals surface area contributed by atoms with E-state index in [1.54, 1.807) is 4.90 Å². The summed E-state index contributed by atoms with van der Waals surface area (Å²) in [4.78, 5) is 26.3. The molecule has 1 aromatic carbocycles. The van der Waals surface area contributed by atoms with Crippen molar-refractivity contribution in [3.05, 3.63) is 35.9 Å². The third-order valence-corrected chi connectivity index (χ3v) is 7.04. The van der Waals surface area contributed by atoms with Gasteiger partial charge in [-0.1, -0.05) is 30.3 Å². The smallest absolute Gasteiger partial charge is 0.222 e. The highest BCUT2D eigenvalue weighted by atomic mass is 16.5. The van der Waals surface area contributed by atoms with Crippen molar-refractivity contribution in [1.82, 2.24) is 10.2 Å². The zero-order chi connectivity index (χ0) is 21.6. The maximum absolute atomic E-state index is 12.9. The minimum atomic E-state index is -0.559. The number of hydrogen-bond acceptors (Lipinski definition) is 4. The second kappa shape index (κ2) is 10.4.